The predicted octanol–water partition coefficient (Wildman–Crippen LogP) is 2.90. The van der Waals surface area contributed by atoms with E-state index in [0.29, 0.717) is 17.9 Å². The van der Waals surface area contributed by atoms with Crippen LogP contribution in [0.2, 0.25) is 0 Å². The molecule has 116 valence electrons. The molecule has 1 aliphatic rings. The molecule has 4 nitrogen and oxygen atoms in total. The lowest BCUT2D eigenvalue weighted by Crippen LogP contribution is -2.32. The molecule has 1 aromatic rings. The van der Waals surface area contributed by atoms with E-state index in [4.69, 9.17) is 9.47 Å². The van der Waals surface area contributed by atoms with E-state index in [1.54, 1.807) is 7.11 Å². The van der Waals surface area contributed by atoms with Crippen molar-refractivity contribution in [1.82, 2.24) is 5.32 Å². The van der Waals surface area contributed by atoms with Crippen molar-refractivity contribution in [2.24, 2.45) is 0 Å². The zero-order valence-electron chi connectivity index (χ0n) is 13.4. The molecule has 0 bridgehead atoms. The third kappa shape index (κ3) is 3.97. The van der Waals surface area contributed by atoms with Gasteiger partial charge in [0.25, 0.3) is 5.91 Å². The summed E-state index contributed by atoms with van der Waals surface area (Å²) in [6.07, 6.45) is 2.23. The predicted molar refractivity (Wildman–Crippen MR) is 83.0 cm³/mol. The van der Waals surface area contributed by atoms with Gasteiger partial charge in [0.1, 0.15) is 5.75 Å². The van der Waals surface area contributed by atoms with E-state index in [-0.39, 0.29) is 17.4 Å². The second-order valence-electron chi connectivity index (χ2n) is 6.51. The summed E-state index contributed by atoms with van der Waals surface area (Å²) < 4.78 is 10.8. The van der Waals surface area contributed by atoms with Crippen LogP contribution in [0.5, 0.6) is 5.75 Å². The molecular weight excluding hydrogens is 266 g/mol. The molecule has 1 saturated heterocycles. The van der Waals surface area contributed by atoms with E-state index in [0.717, 1.165) is 25.0 Å². The minimum absolute atomic E-state index is 0.00410. The molecule has 1 unspecified atom stereocenters. The van der Waals surface area contributed by atoms with Crippen LogP contribution in [-0.4, -0.2) is 32.3 Å². The third-order valence-electron chi connectivity index (χ3n) is 3.82. The summed E-state index contributed by atoms with van der Waals surface area (Å²) in [5.41, 5.74) is 1.70. The molecule has 0 saturated carbocycles. The number of hydrogen-bond acceptors (Lipinski definition) is 3. The maximum Gasteiger partial charge on any atom is 0.255 e. The summed E-state index contributed by atoms with van der Waals surface area (Å²) in [5.74, 6) is 0.501. The lowest BCUT2D eigenvalue weighted by molar-refractivity contribution is 0.0855. The van der Waals surface area contributed by atoms with Crippen LogP contribution >= 0.6 is 0 Å². The second-order valence-corrected chi connectivity index (χ2v) is 6.51. The summed E-state index contributed by atoms with van der Waals surface area (Å²) in [7, 11) is 1.59. The Hall–Kier alpha value is -1.55. The number of rotatable bonds is 4. The number of methoxy groups -OCH3 is 1. The molecule has 1 N–H and O–H groups in total. The Morgan fingerprint density at radius 2 is 2.19 bits per heavy atom. The minimum atomic E-state index is -0.103. The van der Waals surface area contributed by atoms with Gasteiger partial charge in [0.05, 0.1) is 18.8 Å². The van der Waals surface area contributed by atoms with Crippen LogP contribution in [-0.2, 0) is 10.2 Å². The van der Waals surface area contributed by atoms with Gasteiger partial charge in [0.2, 0.25) is 0 Å². The highest BCUT2D eigenvalue weighted by Gasteiger charge is 2.21. The average Bonchev–Trinajstić information content (AvgIpc) is 2.96. The van der Waals surface area contributed by atoms with Crippen LogP contribution in [0, 0.1) is 0 Å². The van der Waals surface area contributed by atoms with Gasteiger partial charge in [0.15, 0.2) is 0 Å². The van der Waals surface area contributed by atoms with Crippen molar-refractivity contribution in [3.05, 3.63) is 29.3 Å². The van der Waals surface area contributed by atoms with Crippen LogP contribution in [0.4, 0.5) is 0 Å². The molecule has 1 aliphatic heterocycles. The van der Waals surface area contributed by atoms with Gasteiger partial charge in [-0.2, -0.15) is 0 Å². The Morgan fingerprint density at radius 3 is 2.76 bits per heavy atom. The molecule has 21 heavy (non-hydrogen) atoms. The van der Waals surface area contributed by atoms with Crippen molar-refractivity contribution in [1.29, 1.82) is 0 Å². The van der Waals surface area contributed by atoms with Crippen molar-refractivity contribution < 1.29 is 14.3 Å². The van der Waals surface area contributed by atoms with Crippen LogP contribution in [0.25, 0.3) is 0 Å². The van der Waals surface area contributed by atoms with Gasteiger partial charge < -0.3 is 14.8 Å². The first-order chi connectivity index (χ1) is 9.91. The number of amides is 1. The summed E-state index contributed by atoms with van der Waals surface area (Å²) in [6, 6.07) is 5.79. The largest absolute Gasteiger partial charge is 0.496 e. The van der Waals surface area contributed by atoms with E-state index in [2.05, 4.69) is 26.1 Å². The Kier molecular flexibility index (Phi) is 4.88. The molecular formula is C17H25NO3. The fourth-order valence-electron chi connectivity index (χ4n) is 2.46. The van der Waals surface area contributed by atoms with Gasteiger partial charge in [-0.15, -0.1) is 0 Å². The van der Waals surface area contributed by atoms with Gasteiger partial charge in [0, 0.05) is 13.2 Å². The molecule has 0 aliphatic carbocycles. The maximum atomic E-state index is 12.4. The fraction of sp³-hybridized carbons (Fsp3) is 0.588. The van der Waals surface area contributed by atoms with Gasteiger partial charge in [-0.3, -0.25) is 4.79 Å². The quantitative estimate of drug-likeness (QED) is 0.928. The SMILES string of the molecule is COc1ccc(C(C)(C)C)cc1C(=O)NCC1CCCO1. The summed E-state index contributed by atoms with van der Waals surface area (Å²) in [6.45, 7) is 7.74. The number of ether oxygens (including phenoxy) is 2. The first-order valence-electron chi connectivity index (χ1n) is 7.50. The Balaban J connectivity index is 2.13. The van der Waals surface area contributed by atoms with Crippen molar-refractivity contribution >= 4 is 5.91 Å². The number of nitrogens with one attached hydrogen (secondary N) is 1. The van der Waals surface area contributed by atoms with E-state index in [9.17, 15) is 4.79 Å². The number of benzene rings is 1. The van der Waals surface area contributed by atoms with Crippen LogP contribution in [0.15, 0.2) is 18.2 Å². The highest BCUT2D eigenvalue weighted by atomic mass is 16.5. The minimum Gasteiger partial charge on any atom is -0.496 e. The van der Waals surface area contributed by atoms with Crippen LogP contribution < -0.4 is 10.1 Å². The second kappa shape index (κ2) is 6.48. The van der Waals surface area contributed by atoms with E-state index >= 15 is 0 Å². The van der Waals surface area contributed by atoms with Crippen molar-refractivity contribution in [3.8, 4) is 5.75 Å². The molecule has 1 heterocycles. The number of carbonyl (C=O) groups excluding carboxylic acids is 1. The van der Waals surface area contributed by atoms with E-state index in [1.165, 1.54) is 0 Å². The fourth-order valence-corrected chi connectivity index (χ4v) is 2.46. The van der Waals surface area contributed by atoms with Crippen LogP contribution in [0.3, 0.4) is 0 Å². The highest BCUT2D eigenvalue weighted by Crippen LogP contribution is 2.28. The maximum absolute atomic E-state index is 12.4. The average molecular weight is 291 g/mol. The Bertz CT molecular complexity index is 499. The highest BCUT2D eigenvalue weighted by molar-refractivity contribution is 5.97. The molecule has 1 atom stereocenters. The first-order valence-corrected chi connectivity index (χ1v) is 7.50. The summed E-state index contributed by atoms with van der Waals surface area (Å²) in [5, 5.41) is 2.95. The molecule has 0 spiro atoms. The lowest BCUT2D eigenvalue weighted by Gasteiger charge is -2.21. The molecule has 1 fully saturated rings. The Labute approximate surface area is 126 Å². The Morgan fingerprint density at radius 1 is 1.43 bits per heavy atom. The molecule has 1 amide bonds. The molecule has 0 aromatic heterocycles. The topological polar surface area (TPSA) is 47.6 Å². The molecule has 2 rings (SSSR count). The van der Waals surface area contributed by atoms with Crippen molar-refractivity contribution in [2.45, 2.75) is 45.1 Å². The van der Waals surface area contributed by atoms with Gasteiger partial charge in [-0.25, -0.2) is 0 Å². The smallest absolute Gasteiger partial charge is 0.255 e. The van der Waals surface area contributed by atoms with Crippen LogP contribution in [0.1, 0.15) is 49.5 Å². The van der Waals surface area contributed by atoms with Gasteiger partial charge in [-0.05, 0) is 36.0 Å². The molecule has 0 radical (unpaired) electrons. The monoisotopic (exact) mass is 291 g/mol. The van der Waals surface area contributed by atoms with Gasteiger partial charge in [-0.1, -0.05) is 26.8 Å². The molecule has 4 heteroatoms. The zero-order valence-corrected chi connectivity index (χ0v) is 13.4. The summed E-state index contributed by atoms with van der Waals surface area (Å²) >= 11 is 0. The zero-order chi connectivity index (χ0) is 15.5. The summed E-state index contributed by atoms with van der Waals surface area (Å²) in [4.78, 5) is 12.4. The van der Waals surface area contributed by atoms with Crippen molar-refractivity contribution in [3.63, 3.8) is 0 Å². The number of carbonyl (C=O) groups is 1. The molecule has 1 aromatic carbocycles. The lowest BCUT2D eigenvalue weighted by atomic mass is 9.86. The third-order valence-corrected chi connectivity index (χ3v) is 3.82. The van der Waals surface area contributed by atoms with Crippen molar-refractivity contribution in [2.75, 3.05) is 20.3 Å². The standard InChI is InChI=1S/C17H25NO3/c1-17(2,3)12-7-8-15(20-4)14(10-12)16(19)18-11-13-6-5-9-21-13/h7-8,10,13H,5-6,9,11H2,1-4H3,(H,18,19). The van der Waals surface area contributed by atoms with Gasteiger partial charge >= 0.3 is 0 Å². The van der Waals surface area contributed by atoms with E-state index in [1.807, 2.05) is 18.2 Å². The first kappa shape index (κ1) is 15.8. The number of hydrogen-bond donors (Lipinski definition) is 1. The van der Waals surface area contributed by atoms with E-state index < -0.39 is 0 Å². The normalized spacial score (nSPS) is 18.6.